The van der Waals surface area contributed by atoms with E-state index in [1.54, 1.807) is 0 Å². The van der Waals surface area contributed by atoms with Gasteiger partial charge in [0.25, 0.3) is 0 Å². The molecule has 0 N–H and O–H groups in total. The highest BCUT2D eigenvalue weighted by atomic mass is 16.7. The van der Waals surface area contributed by atoms with Crippen molar-refractivity contribution < 1.29 is 23.7 Å². The van der Waals surface area contributed by atoms with E-state index in [1.165, 1.54) is 44.9 Å². The van der Waals surface area contributed by atoms with Crippen LogP contribution in [0.2, 0.25) is 0 Å². The lowest BCUT2D eigenvalue weighted by Crippen LogP contribution is -2.59. The van der Waals surface area contributed by atoms with Crippen LogP contribution in [0.4, 0.5) is 0 Å². The van der Waals surface area contributed by atoms with E-state index in [9.17, 15) is 0 Å². The van der Waals surface area contributed by atoms with Crippen molar-refractivity contribution in [3.63, 3.8) is 0 Å². The van der Waals surface area contributed by atoms with Crippen molar-refractivity contribution in [2.24, 2.45) is 5.92 Å². The zero-order valence-electron chi connectivity index (χ0n) is 17.8. The van der Waals surface area contributed by atoms with E-state index in [1.807, 2.05) is 21.0 Å². The minimum atomic E-state index is -0.279. The average Bonchev–Trinajstić information content (AvgIpc) is 3.13. The second-order valence-corrected chi connectivity index (χ2v) is 8.71. The molecule has 1 aliphatic heterocycles. The predicted molar refractivity (Wildman–Crippen MR) is 105 cm³/mol. The predicted octanol–water partition coefficient (Wildman–Crippen LogP) is 4.47. The summed E-state index contributed by atoms with van der Waals surface area (Å²) >= 11 is 0. The molecule has 158 valence electrons. The lowest BCUT2D eigenvalue weighted by molar-refractivity contribution is -0.293. The van der Waals surface area contributed by atoms with Crippen LogP contribution >= 0.6 is 0 Å². The fourth-order valence-corrected chi connectivity index (χ4v) is 5.31. The Morgan fingerprint density at radius 2 is 1.74 bits per heavy atom. The van der Waals surface area contributed by atoms with Gasteiger partial charge in [-0.25, -0.2) is 0 Å². The van der Waals surface area contributed by atoms with Crippen molar-refractivity contribution in [3.8, 4) is 0 Å². The summed E-state index contributed by atoms with van der Waals surface area (Å²) in [7, 11) is 1.82. The third-order valence-corrected chi connectivity index (χ3v) is 6.76. The lowest BCUT2D eigenvalue weighted by atomic mass is 9.81. The molecule has 0 radical (unpaired) electrons. The summed E-state index contributed by atoms with van der Waals surface area (Å²) in [6, 6.07) is 0. The first kappa shape index (κ1) is 21.5. The Hall–Kier alpha value is -0.200. The van der Waals surface area contributed by atoms with Crippen LogP contribution in [0, 0.1) is 5.92 Å². The van der Waals surface area contributed by atoms with Crippen molar-refractivity contribution in [1.82, 2.24) is 0 Å². The van der Waals surface area contributed by atoms with Crippen LogP contribution in [0.5, 0.6) is 0 Å². The molecule has 5 heteroatoms. The molecule has 3 aliphatic rings. The maximum Gasteiger partial charge on any atom is 0.155 e. The number of ether oxygens (including phenoxy) is 5. The molecule has 5 nitrogen and oxygen atoms in total. The fourth-order valence-electron chi connectivity index (χ4n) is 5.31. The highest BCUT2D eigenvalue weighted by molar-refractivity contribution is 4.97. The van der Waals surface area contributed by atoms with E-state index in [0.29, 0.717) is 19.1 Å². The molecule has 1 saturated heterocycles. The summed E-state index contributed by atoms with van der Waals surface area (Å²) in [6.45, 7) is 7.43. The topological polar surface area (TPSA) is 46.2 Å². The second-order valence-electron chi connectivity index (χ2n) is 8.71. The van der Waals surface area contributed by atoms with Gasteiger partial charge in [0.05, 0.1) is 24.4 Å². The van der Waals surface area contributed by atoms with Gasteiger partial charge in [-0.3, -0.25) is 0 Å². The molecule has 2 aliphatic carbocycles. The second kappa shape index (κ2) is 10.0. The van der Waals surface area contributed by atoms with Crippen LogP contribution in [0.25, 0.3) is 0 Å². The molecular formula is C22H40O5. The molecule has 5 atom stereocenters. The van der Waals surface area contributed by atoms with Gasteiger partial charge < -0.3 is 23.7 Å². The fraction of sp³-hybridized carbons (Fsp3) is 1.00. The van der Waals surface area contributed by atoms with E-state index in [-0.39, 0.29) is 36.3 Å². The first-order chi connectivity index (χ1) is 13.1. The van der Waals surface area contributed by atoms with Crippen molar-refractivity contribution in [1.29, 1.82) is 0 Å². The Balaban J connectivity index is 1.80. The third-order valence-electron chi connectivity index (χ3n) is 6.76. The number of hydrogen-bond acceptors (Lipinski definition) is 5. The van der Waals surface area contributed by atoms with E-state index in [2.05, 4.69) is 6.92 Å². The van der Waals surface area contributed by atoms with Gasteiger partial charge >= 0.3 is 0 Å². The first-order valence-electron chi connectivity index (χ1n) is 11.2. The highest BCUT2D eigenvalue weighted by Gasteiger charge is 2.49. The normalized spacial score (nSPS) is 32.4. The molecular weight excluding hydrogens is 344 g/mol. The van der Waals surface area contributed by atoms with Crippen LogP contribution in [0.1, 0.15) is 78.6 Å². The Morgan fingerprint density at radius 3 is 2.37 bits per heavy atom. The van der Waals surface area contributed by atoms with Crippen LogP contribution in [0.15, 0.2) is 0 Å². The van der Waals surface area contributed by atoms with Crippen molar-refractivity contribution in [2.45, 2.75) is 115 Å². The minimum Gasteiger partial charge on any atom is -0.378 e. The molecule has 1 spiro atoms. The van der Waals surface area contributed by atoms with Gasteiger partial charge in [0.1, 0.15) is 12.2 Å². The molecule has 5 unspecified atom stereocenters. The van der Waals surface area contributed by atoms with Gasteiger partial charge in [-0.15, -0.1) is 0 Å². The maximum atomic E-state index is 6.78. The molecule has 0 amide bonds. The van der Waals surface area contributed by atoms with E-state index in [4.69, 9.17) is 23.7 Å². The molecule has 1 heterocycles. The molecule has 2 saturated carbocycles. The Kier molecular flexibility index (Phi) is 7.98. The molecule has 0 aromatic carbocycles. The zero-order chi connectivity index (χ0) is 19.3. The van der Waals surface area contributed by atoms with Crippen LogP contribution in [-0.2, 0) is 23.7 Å². The van der Waals surface area contributed by atoms with Crippen molar-refractivity contribution in [2.75, 3.05) is 20.3 Å². The van der Waals surface area contributed by atoms with Crippen LogP contribution in [-0.4, -0.2) is 56.6 Å². The molecule has 3 fully saturated rings. The Bertz CT molecular complexity index is 430. The highest BCUT2D eigenvalue weighted by Crippen LogP contribution is 2.41. The van der Waals surface area contributed by atoms with Gasteiger partial charge in [-0.2, -0.15) is 0 Å². The first-order valence-corrected chi connectivity index (χ1v) is 11.2. The lowest BCUT2D eigenvalue weighted by Gasteiger charge is -2.47. The molecule has 27 heavy (non-hydrogen) atoms. The van der Waals surface area contributed by atoms with Gasteiger partial charge in [-0.1, -0.05) is 32.1 Å². The smallest absolute Gasteiger partial charge is 0.155 e. The van der Waals surface area contributed by atoms with Gasteiger partial charge in [0, 0.05) is 13.7 Å². The van der Waals surface area contributed by atoms with E-state index < -0.39 is 0 Å². The van der Waals surface area contributed by atoms with E-state index >= 15 is 0 Å². The molecule has 0 aromatic heterocycles. The largest absolute Gasteiger partial charge is 0.378 e. The summed E-state index contributed by atoms with van der Waals surface area (Å²) in [4.78, 5) is 0. The number of methoxy groups -OCH3 is 1. The summed E-state index contributed by atoms with van der Waals surface area (Å²) in [5, 5.41) is 0. The summed E-state index contributed by atoms with van der Waals surface area (Å²) < 4.78 is 31.3. The molecule has 0 bridgehead atoms. The third kappa shape index (κ3) is 5.24. The van der Waals surface area contributed by atoms with Crippen molar-refractivity contribution >= 4 is 0 Å². The van der Waals surface area contributed by atoms with Crippen LogP contribution in [0.3, 0.4) is 0 Å². The summed E-state index contributed by atoms with van der Waals surface area (Å²) in [5.41, 5.74) is -0.126. The van der Waals surface area contributed by atoms with Crippen LogP contribution < -0.4 is 0 Å². The summed E-state index contributed by atoms with van der Waals surface area (Å²) in [6.07, 6.45) is 10.4. The Morgan fingerprint density at radius 1 is 1.04 bits per heavy atom. The van der Waals surface area contributed by atoms with Gasteiger partial charge in [-0.05, 0) is 52.4 Å². The SMILES string of the molecule is CCOC(C)OC(C(OC)C1CCCCC1)C1OC2(CCCC2)COC1C. The number of hydrogen-bond donors (Lipinski definition) is 0. The van der Waals surface area contributed by atoms with E-state index in [0.717, 1.165) is 12.8 Å². The van der Waals surface area contributed by atoms with Gasteiger partial charge in [0.2, 0.25) is 0 Å². The molecule has 3 rings (SSSR count). The summed E-state index contributed by atoms with van der Waals surface area (Å²) in [5.74, 6) is 0.514. The van der Waals surface area contributed by atoms with Crippen molar-refractivity contribution in [3.05, 3.63) is 0 Å². The maximum absolute atomic E-state index is 6.78. The molecule has 0 aromatic rings. The minimum absolute atomic E-state index is 0.00343. The number of rotatable bonds is 8. The standard InChI is InChI=1S/C22H40O5/c1-5-24-17(3)26-21(20(23-4)18-11-7-6-8-12-18)19-16(2)25-15-22(27-19)13-9-10-14-22/h16-21H,5-15H2,1-4H3. The Labute approximate surface area is 165 Å². The monoisotopic (exact) mass is 384 g/mol. The quantitative estimate of drug-likeness (QED) is 0.578. The average molecular weight is 385 g/mol. The van der Waals surface area contributed by atoms with Gasteiger partial charge in [0.15, 0.2) is 6.29 Å². The zero-order valence-corrected chi connectivity index (χ0v) is 17.8.